The highest BCUT2D eigenvalue weighted by atomic mass is 79.9. The van der Waals surface area contributed by atoms with Gasteiger partial charge < -0.3 is 9.73 Å². The first-order valence-corrected chi connectivity index (χ1v) is 9.05. The third-order valence-electron chi connectivity index (χ3n) is 4.08. The molecule has 0 aliphatic carbocycles. The van der Waals surface area contributed by atoms with E-state index in [9.17, 15) is 4.79 Å². The molecule has 0 atom stereocenters. The number of para-hydroxylation sites is 2. The Morgan fingerprint density at radius 2 is 2.00 bits per heavy atom. The van der Waals surface area contributed by atoms with Gasteiger partial charge in [-0.05, 0) is 52.2 Å². The molecule has 5 nitrogen and oxygen atoms in total. The summed E-state index contributed by atoms with van der Waals surface area (Å²) >= 11 is 3.43. The monoisotopic (exact) mass is 409 g/mol. The molecule has 0 bridgehead atoms. The Hall–Kier alpha value is -2.86. The van der Waals surface area contributed by atoms with Gasteiger partial charge in [0.1, 0.15) is 5.58 Å². The Labute approximate surface area is 158 Å². The lowest BCUT2D eigenvalue weighted by molar-refractivity contribution is 0.0928. The van der Waals surface area contributed by atoms with Gasteiger partial charge in [0, 0.05) is 18.1 Å². The number of amides is 1. The largest absolute Gasteiger partial charge is 0.450 e. The number of hydrogen-bond donors (Lipinski definition) is 1. The summed E-state index contributed by atoms with van der Waals surface area (Å²) in [6, 6.07) is 17.4. The molecule has 0 fully saturated rings. The Bertz CT molecular complexity index is 1050. The Morgan fingerprint density at radius 3 is 2.81 bits per heavy atom. The normalized spacial score (nSPS) is 11.0. The number of fused-ring (bicyclic) bond motifs is 1. The van der Waals surface area contributed by atoms with Crippen LogP contribution in [0, 0.1) is 0 Å². The lowest BCUT2D eigenvalue weighted by Crippen LogP contribution is -2.25. The summed E-state index contributed by atoms with van der Waals surface area (Å²) in [5.74, 6) is 0.0930. The van der Waals surface area contributed by atoms with Crippen LogP contribution in [0.15, 0.2) is 75.9 Å². The van der Waals surface area contributed by atoms with Crippen molar-refractivity contribution in [2.45, 2.75) is 6.42 Å². The van der Waals surface area contributed by atoms with Crippen LogP contribution in [0.3, 0.4) is 0 Å². The first-order valence-electron chi connectivity index (χ1n) is 8.26. The SMILES string of the molecule is O=C(NCCc1cnn(-c2ccccc2)c1)c1cc2cccc(Br)c2o1. The van der Waals surface area contributed by atoms with Crippen LogP contribution < -0.4 is 5.32 Å². The maximum Gasteiger partial charge on any atom is 0.287 e. The molecule has 0 saturated heterocycles. The van der Waals surface area contributed by atoms with Crippen molar-refractivity contribution in [3.05, 3.63) is 82.8 Å². The molecule has 130 valence electrons. The number of carbonyl (C=O) groups is 1. The quantitative estimate of drug-likeness (QED) is 0.532. The molecular weight excluding hydrogens is 394 g/mol. The van der Waals surface area contributed by atoms with Crippen molar-refractivity contribution in [1.29, 1.82) is 0 Å². The number of benzene rings is 2. The molecule has 0 saturated carbocycles. The van der Waals surface area contributed by atoms with Gasteiger partial charge in [-0.1, -0.05) is 30.3 Å². The summed E-state index contributed by atoms with van der Waals surface area (Å²) in [5, 5.41) is 8.15. The number of hydrogen-bond acceptors (Lipinski definition) is 3. The van der Waals surface area contributed by atoms with Gasteiger partial charge in [0.25, 0.3) is 5.91 Å². The summed E-state index contributed by atoms with van der Waals surface area (Å²) in [6.45, 7) is 0.511. The zero-order valence-corrected chi connectivity index (χ0v) is 15.4. The van der Waals surface area contributed by atoms with Crippen LogP contribution in [-0.2, 0) is 6.42 Å². The lowest BCUT2D eigenvalue weighted by Gasteiger charge is -2.02. The number of furan rings is 1. The first kappa shape index (κ1) is 16.6. The van der Waals surface area contributed by atoms with Gasteiger partial charge in [0.05, 0.1) is 16.4 Å². The molecule has 0 unspecified atom stereocenters. The zero-order chi connectivity index (χ0) is 17.9. The van der Waals surface area contributed by atoms with Gasteiger partial charge >= 0.3 is 0 Å². The fraction of sp³-hybridized carbons (Fsp3) is 0.100. The van der Waals surface area contributed by atoms with Gasteiger partial charge in [-0.3, -0.25) is 4.79 Å². The van der Waals surface area contributed by atoms with Crippen molar-refractivity contribution in [1.82, 2.24) is 15.1 Å². The molecule has 0 aliphatic rings. The van der Waals surface area contributed by atoms with E-state index in [1.165, 1.54) is 0 Å². The van der Waals surface area contributed by atoms with E-state index in [-0.39, 0.29) is 5.91 Å². The van der Waals surface area contributed by atoms with Crippen LogP contribution in [0.25, 0.3) is 16.7 Å². The average Bonchev–Trinajstić information content (AvgIpc) is 3.30. The molecule has 0 spiro atoms. The summed E-state index contributed by atoms with van der Waals surface area (Å²) < 4.78 is 8.31. The fourth-order valence-corrected chi connectivity index (χ4v) is 3.22. The van der Waals surface area contributed by atoms with E-state index >= 15 is 0 Å². The van der Waals surface area contributed by atoms with Crippen molar-refractivity contribution in [2.24, 2.45) is 0 Å². The third-order valence-corrected chi connectivity index (χ3v) is 4.70. The molecule has 2 aromatic heterocycles. The minimum Gasteiger partial charge on any atom is -0.450 e. The number of aromatic nitrogens is 2. The Kier molecular flexibility index (Phi) is 4.58. The van der Waals surface area contributed by atoms with E-state index in [1.807, 2.05) is 65.6 Å². The molecule has 0 aliphatic heterocycles. The zero-order valence-electron chi connectivity index (χ0n) is 13.9. The highest BCUT2D eigenvalue weighted by Gasteiger charge is 2.13. The second-order valence-corrected chi connectivity index (χ2v) is 6.76. The predicted octanol–water partition coefficient (Wildman–Crippen LogP) is 4.35. The van der Waals surface area contributed by atoms with Crippen LogP contribution in [0.5, 0.6) is 0 Å². The number of halogens is 1. The maximum atomic E-state index is 12.3. The standard InChI is InChI=1S/C20H16BrN3O2/c21-17-8-4-5-15-11-18(26-19(15)17)20(25)22-10-9-14-12-23-24(13-14)16-6-2-1-3-7-16/h1-8,11-13H,9-10H2,(H,22,25). The topological polar surface area (TPSA) is 60.1 Å². The van der Waals surface area contributed by atoms with E-state index in [0.29, 0.717) is 24.3 Å². The second-order valence-electron chi connectivity index (χ2n) is 5.90. The van der Waals surface area contributed by atoms with E-state index in [4.69, 9.17) is 4.42 Å². The second kappa shape index (κ2) is 7.17. The highest BCUT2D eigenvalue weighted by molar-refractivity contribution is 9.10. The van der Waals surface area contributed by atoms with Gasteiger partial charge in [-0.15, -0.1) is 0 Å². The molecule has 4 rings (SSSR count). The van der Waals surface area contributed by atoms with Crippen LogP contribution in [0.2, 0.25) is 0 Å². The molecule has 6 heteroatoms. The summed E-state index contributed by atoms with van der Waals surface area (Å²) in [4.78, 5) is 12.3. The van der Waals surface area contributed by atoms with Gasteiger partial charge in [0.2, 0.25) is 0 Å². The fourth-order valence-electron chi connectivity index (χ4n) is 2.76. The smallest absolute Gasteiger partial charge is 0.287 e. The number of nitrogens with zero attached hydrogens (tertiary/aromatic N) is 2. The van der Waals surface area contributed by atoms with Gasteiger partial charge in [-0.2, -0.15) is 5.10 Å². The molecule has 2 heterocycles. The third kappa shape index (κ3) is 3.41. The van der Waals surface area contributed by atoms with Crippen molar-refractivity contribution in [2.75, 3.05) is 6.54 Å². The Balaban J connectivity index is 1.37. The van der Waals surface area contributed by atoms with Gasteiger partial charge in [-0.25, -0.2) is 4.68 Å². The van der Waals surface area contributed by atoms with Crippen LogP contribution in [-0.4, -0.2) is 22.2 Å². The predicted molar refractivity (Wildman–Crippen MR) is 104 cm³/mol. The number of carbonyl (C=O) groups excluding carboxylic acids is 1. The van der Waals surface area contributed by atoms with Crippen LogP contribution in [0.4, 0.5) is 0 Å². The van der Waals surface area contributed by atoms with E-state index in [1.54, 1.807) is 6.07 Å². The summed E-state index contributed by atoms with van der Waals surface area (Å²) in [7, 11) is 0. The molecular formula is C20H16BrN3O2. The summed E-state index contributed by atoms with van der Waals surface area (Å²) in [6.07, 6.45) is 4.49. The first-order chi connectivity index (χ1) is 12.7. The molecule has 1 amide bonds. The van der Waals surface area contributed by atoms with Crippen molar-refractivity contribution < 1.29 is 9.21 Å². The summed E-state index contributed by atoms with van der Waals surface area (Å²) in [5.41, 5.74) is 2.75. The highest BCUT2D eigenvalue weighted by Crippen LogP contribution is 2.26. The number of rotatable bonds is 5. The van der Waals surface area contributed by atoms with Crippen molar-refractivity contribution in [3.8, 4) is 5.69 Å². The number of nitrogens with one attached hydrogen (secondary N) is 1. The molecule has 26 heavy (non-hydrogen) atoms. The van der Waals surface area contributed by atoms with Crippen molar-refractivity contribution >= 4 is 32.8 Å². The van der Waals surface area contributed by atoms with E-state index < -0.39 is 0 Å². The minimum absolute atomic E-state index is 0.219. The maximum absolute atomic E-state index is 12.3. The van der Waals surface area contributed by atoms with Crippen LogP contribution in [0.1, 0.15) is 16.1 Å². The van der Waals surface area contributed by atoms with E-state index in [0.717, 1.165) is 21.1 Å². The Morgan fingerprint density at radius 1 is 1.15 bits per heavy atom. The van der Waals surface area contributed by atoms with Crippen LogP contribution >= 0.6 is 15.9 Å². The average molecular weight is 410 g/mol. The molecule has 4 aromatic rings. The minimum atomic E-state index is -0.219. The van der Waals surface area contributed by atoms with Crippen molar-refractivity contribution in [3.63, 3.8) is 0 Å². The molecule has 2 aromatic carbocycles. The molecule has 0 radical (unpaired) electrons. The van der Waals surface area contributed by atoms with Gasteiger partial charge in [0.15, 0.2) is 5.76 Å². The van der Waals surface area contributed by atoms with E-state index in [2.05, 4.69) is 26.3 Å². The molecule has 1 N–H and O–H groups in total. The lowest BCUT2D eigenvalue weighted by atomic mass is 10.2.